The third-order valence-electron chi connectivity index (χ3n) is 5.04. The number of hydrogen-bond acceptors (Lipinski definition) is 2. The van der Waals surface area contributed by atoms with Gasteiger partial charge in [-0.15, -0.1) is 0 Å². The van der Waals surface area contributed by atoms with Crippen LogP contribution in [0.2, 0.25) is 0 Å². The first-order valence-electron chi connectivity index (χ1n) is 6.97. The Bertz CT molecular complexity index is 513. The molecule has 3 heterocycles. The molecule has 94 valence electrons. The molecular weight excluding hydrogens is 224 g/mol. The molecule has 2 atom stereocenters. The summed E-state index contributed by atoms with van der Waals surface area (Å²) in [5, 5.41) is 3.10. The summed E-state index contributed by atoms with van der Waals surface area (Å²) in [6.45, 7) is 2.24. The van der Waals surface area contributed by atoms with Gasteiger partial charge in [0.15, 0.2) is 0 Å². The Balaban J connectivity index is 1.85. The Morgan fingerprint density at radius 2 is 2.11 bits per heavy atom. The van der Waals surface area contributed by atoms with Crippen molar-refractivity contribution < 1.29 is 4.79 Å². The molecule has 1 unspecified atom stereocenters. The maximum atomic E-state index is 12.6. The van der Waals surface area contributed by atoms with Crippen molar-refractivity contribution in [2.24, 2.45) is 0 Å². The number of nitrogens with one attached hydrogen (secondary N) is 1. The van der Waals surface area contributed by atoms with Crippen molar-refractivity contribution in [1.82, 2.24) is 4.90 Å². The van der Waals surface area contributed by atoms with E-state index in [2.05, 4.69) is 22.3 Å². The largest absolute Gasteiger partial charge is 0.325 e. The van der Waals surface area contributed by atoms with E-state index >= 15 is 0 Å². The van der Waals surface area contributed by atoms with Crippen molar-refractivity contribution in [2.45, 2.75) is 37.1 Å². The summed E-state index contributed by atoms with van der Waals surface area (Å²) in [4.78, 5) is 15.1. The molecule has 0 radical (unpaired) electrons. The van der Waals surface area contributed by atoms with Gasteiger partial charge in [-0.05, 0) is 44.0 Å². The van der Waals surface area contributed by atoms with Crippen LogP contribution in [0.25, 0.3) is 0 Å². The smallest absolute Gasteiger partial charge is 0.236 e. The predicted molar refractivity (Wildman–Crippen MR) is 70.6 cm³/mol. The Morgan fingerprint density at radius 3 is 3.06 bits per heavy atom. The molecule has 0 bridgehead atoms. The zero-order valence-corrected chi connectivity index (χ0v) is 10.5. The maximum Gasteiger partial charge on any atom is 0.236 e. The van der Waals surface area contributed by atoms with Crippen molar-refractivity contribution in [3.63, 3.8) is 0 Å². The number of carbonyl (C=O) groups excluding carboxylic acids is 1. The number of rotatable bonds is 0. The van der Waals surface area contributed by atoms with Gasteiger partial charge < -0.3 is 5.32 Å². The molecule has 1 aromatic carbocycles. The van der Waals surface area contributed by atoms with E-state index in [1.54, 1.807) is 0 Å². The molecule has 3 heteroatoms. The fourth-order valence-corrected chi connectivity index (χ4v) is 4.22. The van der Waals surface area contributed by atoms with Crippen LogP contribution in [0.5, 0.6) is 0 Å². The first-order chi connectivity index (χ1) is 8.82. The lowest BCUT2D eigenvalue weighted by molar-refractivity contribution is -0.122. The van der Waals surface area contributed by atoms with E-state index in [1.165, 1.54) is 31.4 Å². The fraction of sp³-hybridized carbons (Fsp3) is 0.533. The first kappa shape index (κ1) is 10.6. The van der Waals surface area contributed by atoms with Crippen molar-refractivity contribution >= 4 is 11.6 Å². The van der Waals surface area contributed by atoms with Crippen LogP contribution in [0.15, 0.2) is 24.3 Å². The molecule has 0 saturated carbocycles. The van der Waals surface area contributed by atoms with E-state index in [0.717, 1.165) is 18.7 Å². The molecule has 1 N–H and O–H groups in total. The Morgan fingerprint density at radius 1 is 1.22 bits per heavy atom. The highest BCUT2D eigenvalue weighted by molar-refractivity contribution is 6.07. The van der Waals surface area contributed by atoms with Crippen molar-refractivity contribution in [1.29, 1.82) is 0 Å². The lowest BCUT2D eigenvalue weighted by Crippen LogP contribution is -2.48. The van der Waals surface area contributed by atoms with Crippen LogP contribution in [0.1, 0.15) is 31.2 Å². The number of carbonyl (C=O) groups is 1. The Kier molecular flexibility index (Phi) is 2.10. The van der Waals surface area contributed by atoms with Crippen LogP contribution < -0.4 is 5.32 Å². The molecule has 1 spiro atoms. The second-order valence-electron chi connectivity index (χ2n) is 5.77. The molecule has 3 aliphatic rings. The summed E-state index contributed by atoms with van der Waals surface area (Å²) in [6, 6.07) is 8.67. The van der Waals surface area contributed by atoms with Crippen molar-refractivity contribution in [2.75, 3.05) is 18.4 Å². The monoisotopic (exact) mass is 242 g/mol. The van der Waals surface area contributed by atoms with Crippen LogP contribution in [0.4, 0.5) is 5.69 Å². The van der Waals surface area contributed by atoms with Crippen LogP contribution >= 0.6 is 0 Å². The van der Waals surface area contributed by atoms with Gasteiger partial charge in [0.05, 0.1) is 5.41 Å². The van der Waals surface area contributed by atoms with Gasteiger partial charge in [-0.2, -0.15) is 0 Å². The van der Waals surface area contributed by atoms with E-state index in [0.29, 0.717) is 6.04 Å². The van der Waals surface area contributed by atoms with Gasteiger partial charge in [0.1, 0.15) is 0 Å². The molecule has 2 fully saturated rings. The summed E-state index contributed by atoms with van der Waals surface area (Å²) in [6.07, 6.45) is 4.70. The summed E-state index contributed by atoms with van der Waals surface area (Å²) in [5.41, 5.74) is 2.02. The second kappa shape index (κ2) is 3.58. The second-order valence-corrected chi connectivity index (χ2v) is 5.77. The zero-order valence-electron chi connectivity index (χ0n) is 10.5. The lowest BCUT2D eigenvalue weighted by Gasteiger charge is -2.37. The molecular formula is C15H18N2O. The standard InChI is InChI=1S/C15H18N2O/c18-14-15(11-5-1-2-6-12(11)16-14)8-10-17-9-4-3-7-13(15)17/h1-2,5-6,13H,3-4,7-10H2,(H,16,18)/t13?,15-/m1/s1. The molecule has 18 heavy (non-hydrogen) atoms. The predicted octanol–water partition coefficient (Wildman–Crippen LogP) is 2.13. The summed E-state index contributed by atoms with van der Waals surface area (Å²) in [5.74, 6) is 0.234. The van der Waals surface area contributed by atoms with Crippen LogP contribution in [0.3, 0.4) is 0 Å². The van der Waals surface area contributed by atoms with Gasteiger partial charge in [-0.3, -0.25) is 9.69 Å². The molecule has 3 aliphatic heterocycles. The molecule has 2 saturated heterocycles. The van der Waals surface area contributed by atoms with Crippen molar-refractivity contribution in [3.8, 4) is 0 Å². The minimum absolute atomic E-state index is 0.234. The number of benzene rings is 1. The number of piperidine rings is 1. The van der Waals surface area contributed by atoms with E-state index < -0.39 is 0 Å². The number of para-hydroxylation sites is 1. The maximum absolute atomic E-state index is 12.6. The lowest BCUT2D eigenvalue weighted by atomic mass is 9.73. The van der Waals surface area contributed by atoms with E-state index in [-0.39, 0.29) is 11.3 Å². The van der Waals surface area contributed by atoms with Gasteiger partial charge in [0.25, 0.3) is 0 Å². The first-order valence-corrected chi connectivity index (χ1v) is 6.97. The molecule has 0 aromatic heterocycles. The van der Waals surface area contributed by atoms with Gasteiger partial charge in [-0.1, -0.05) is 24.6 Å². The van der Waals surface area contributed by atoms with E-state index in [4.69, 9.17) is 0 Å². The topological polar surface area (TPSA) is 32.3 Å². The molecule has 1 amide bonds. The quantitative estimate of drug-likeness (QED) is 0.756. The van der Waals surface area contributed by atoms with Crippen LogP contribution in [-0.2, 0) is 10.2 Å². The van der Waals surface area contributed by atoms with Gasteiger partial charge in [-0.25, -0.2) is 0 Å². The minimum Gasteiger partial charge on any atom is -0.325 e. The average Bonchev–Trinajstić information content (AvgIpc) is 2.92. The minimum atomic E-state index is -0.253. The Hall–Kier alpha value is -1.35. The van der Waals surface area contributed by atoms with Gasteiger partial charge >= 0.3 is 0 Å². The van der Waals surface area contributed by atoms with Crippen molar-refractivity contribution in [3.05, 3.63) is 29.8 Å². The molecule has 3 nitrogen and oxygen atoms in total. The van der Waals surface area contributed by atoms with Gasteiger partial charge in [0, 0.05) is 11.7 Å². The van der Waals surface area contributed by atoms with Gasteiger partial charge in [0.2, 0.25) is 5.91 Å². The highest BCUT2D eigenvalue weighted by atomic mass is 16.2. The number of hydrogen-bond donors (Lipinski definition) is 1. The zero-order chi connectivity index (χ0) is 12.2. The van der Waals surface area contributed by atoms with E-state index in [9.17, 15) is 4.79 Å². The van der Waals surface area contributed by atoms with E-state index in [1.807, 2.05) is 12.1 Å². The number of amides is 1. The summed E-state index contributed by atoms with van der Waals surface area (Å²) >= 11 is 0. The average molecular weight is 242 g/mol. The molecule has 1 aromatic rings. The fourth-order valence-electron chi connectivity index (χ4n) is 4.22. The Labute approximate surface area is 107 Å². The SMILES string of the molecule is O=C1Nc2ccccc2[C@@]12CCN1CCCCC12. The number of nitrogens with zero attached hydrogens (tertiary/aromatic N) is 1. The molecule has 4 rings (SSSR count). The number of anilines is 1. The highest BCUT2D eigenvalue weighted by Gasteiger charge is 2.57. The van der Waals surface area contributed by atoms with Crippen LogP contribution in [0, 0.1) is 0 Å². The third-order valence-corrected chi connectivity index (χ3v) is 5.04. The third kappa shape index (κ3) is 1.15. The highest BCUT2D eigenvalue weighted by Crippen LogP contribution is 2.50. The summed E-state index contributed by atoms with van der Waals surface area (Å²) < 4.78 is 0. The number of fused-ring (bicyclic) bond motifs is 4. The normalized spacial score (nSPS) is 34.4. The summed E-state index contributed by atoms with van der Waals surface area (Å²) in [7, 11) is 0. The molecule has 0 aliphatic carbocycles. The van der Waals surface area contributed by atoms with Crippen LogP contribution in [-0.4, -0.2) is 29.9 Å².